The third-order valence-electron chi connectivity index (χ3n) is 13.2. The topological polar surface area (TPSA) is 59.1 Å². The molecule has 1 amide bonds. The quantitative estimate of drug-likeness (QED) is 0.109. The number of hydrogen-bond donors (Lipinski definition) is 0. The molecule has 2 heterocycles. The highest BCUT2D eigenvalue weighted by Gasteiger charge is 2.66. The molecule has 53 heavy (non-hydrogen) atoms. The molecule has 6 nitrogen and oxygen atoms in total. The van der Waals surface area contributed by atoms with Gasteiger partial charge >= 0.3 is 0 Å². The minimum absolute atomic E-state index is 0.0365. The van der Waals surface area contributed by atoms with E-state index in [4.69, 9.17) is 9.47 Å². The molecular weight excluding hydrogens is 657 g/mol. The summed E-state index contributed by atoms with van der Waals surface area (Å²) in [6.45, 7) is 3.91. The smallest absolute Gasteiger partial charge is 0.222 e. The fraction of sp³-hybridized carbons (Fsp3) is 0.574. The van der Waals surface area contributed by atoms with Gasteiger partial charge in [0.1, 0.15) is 11.9 Å². The van der Waals surface area contributed by atoms with E-state index in [1.807, 2.05) is 0 Å². The van der Waals surface area contributed by atoms with E-state index in [2.05, 4.69) is 82.6 Å². The minimum Gasteiger partial charge on any atom is -0.493 e. The second-order valence-electron chi connectivity index (χ2n) is 16.5. The van der Waals surface area contributed by atoms with Crippen molar-refractivity contribution in [2.24, 2.45) is 5.92 Å². The third-order valence-corrected chi connectivity index (χ3v) is 13.2. The van der Waals surface area contributed by atoms with Gasteiger partial charge in [-0.05, 0) is 106 Å². The molecule has 0 radical (unpaired) electrons. The van der Waals surface area contributed by atoms with Crippen LogP contribution in [0.3, 0.4) is 0 Å². The number of ether oxygens (including phenoxy) is 2. The van der Waals surface area contributed by atoms with Gasteiger partial charge in [-0.2, -0.15) is 0 Å². The van der Waals surface area contributed by atoms with Crippen LogP contribution in [0.15, 0.2) is 72.8 Å². The van der Waals surface area contributed by atoms with Crippen LogP contribution in [0.5, 0.6) is 11.5 Å². The predicted octanol–water partition coefficient (Wildman–Crippen LogP) is 9.30. The molecule has 1 spiro atoms. The summed E-state index contributed by atoms with van der Waals surface area (Å²) in [7, 11) is 1.74. The van der Waals surface area contributed by atoms with Crippen molar-refractivity contribution in [2.45, 2.75) is 140 Å². The summed E-state index contributed by atoms with van der Waals surface area (Å²) in [5.41, 5.74) is 5.35. The lowest BCUT2D eigenvalue weighted by atomic mass is 9.51. The Morgan fingerprint density at radius 1 is 0.811 bits per heavy atom. The van der Waals surface area contributed by atoms with Gasteiger partial charge in [0.15, 0.2) is 11.5 Å². The maximum atomic E-state index is 14.4. The zero-order valence-electron chi connectivity index (χ0n) is 32.4. The molecule has 2 fully saturated rings. The number of methoxy groups -OCH3 is 1. The Morgan fingerprint density at radius 3 is 2.11 bits per heavy atom. The van der Waals surface area contributed by atoms with E-state index in [0.717, 1.165) is 82.4 Å². The minimum atomic E-state index is -0.151. The SMILES string of the molecule is COc1ccc2c3c1O[C@H]1[C@@H](N(CCCCc4ccccc4)C(=O)CCCCCCCCCCc4ccccc4)CC[C@H]4[C@@H](C2)N(CC(C)=O)CC[C@@]341. The molecule has 3 aromatic carbocycles. The van der Waals surface area contributed by atoms with Gasteiger partial charge in [-0.25, -0.2) is 0 Å². The number of nitrogens with zero attached hydrogens (tertiary/aromatic N) is 2. The molecule has 5 atom stereocenters. The van der Waals surface area contributed by atoms with Gasteiger partial charge in [0.2, 0.25) is 5.91 Å². The van der Waals surface area contributed by atoms with Crippen molar-refractivity contribution in [3.8, 4) is 11.5 Å². The van der Waals surface area contributed by atoms with Crippen LogP contribution in [0.4, 0.5) is 0 Å². The first kappa shape index (κ1) is 37.7. The standard InChI is InChI=1S/C47H62N2O4/c1-35(50)34-48-32-30-47-39-27-28-40(46(47)53-45-42(52-2)29-26-38(44(45)47)33-41(39)48)49(31-18-17-24-37-22-14-10-15-23-37)43(51)25-16-8-6-4-3-5-7-11-19-36-20-12-9-13-21-36/h9-10,12-15,20-23,26,29,39-41,46H,3-8,11,16-19,24-25,27-28,30-34H2,1-2H3/t39-,40-,41+,46-,47-/m0/s1. The number of rotatable bonds is 20. The molecule has 6 heteroatoms. The Labute approximate surface area is 318 Å². The Hall–Kier alpha value is -3.64. The number of Topliss-reactive ketones (excluding diaryl/α,β-unsaturated/α-hetero) is 1. The monoisotopic (exact) mass is 718 g/mol. The number of unbranched alkanes of at least 4 members (excludes halogenated alkanes) is 8. The van der Waals surface area contributed by atoms with Crippen LogP contribution in [0, 0.1) is 5.92 Å². The third kappa shape index (κ3) is 8.23. The second-order valence-corrected chi connectivity index (χ2v) is 16.5. The number of likely N-dealkylation sites (tertiary alicyclic amines) is 1. The molecule has 2 aliphatic heterocycles. The Balaban J connectivity index is 1.01. The molecule has 7 rings (SSSR count). The van der Waals surface area contributed by atoms with E-state index < -0.39 is 0 Å². The van der Waals surface area contributed by atoms with Crippen molar-refractivity contribution in [1.82, 2.24) is 9.80 Å². The number of hydrogen-bond acceptors (Lipinski definition) is 5. The fourth-order valence-electron chi connectivity index (χ4n) is 10.7. The van der Waals surface area contributed by atoms with Crippen LogP contribution in [0.1, 0.15) is 119 Å². The van der Waals surface area contributed by atoms with Gasteiger partial charge in [0.25, 0.3) is 0 Å². The molecule has 3 aromatic rings. The van der Waals surface area contributed by atoms with E-state index in [1.54, 1.807) is 14.0 Å². The van der Waals surface area contributed by atoms with Gasteiger partial charge < -0.3 is 14.4 Å². The largest absolute Gasteiger partial charge is 0.493 e. The van der Waals surface area contributed by atoms with Gasteiger partial charge in [0, 0.05) is 30.0 Å². The number of aryl methyl sites for hydroxylation is 2. The highest BCUT2D eigenvalue weighted by atomic mass is 16.5. The summed E-state index contributed by atoms with van der Waals surface area (Å²) in [6, 6.07) is 26.2. The average molecular weight is 719 g/mol. The summed E-state index contributed by atoms with van der Waals surface area (Å²) in [5.74, 6) is 2.68. The van der Waals surface area contributed by atoms with Gasteiger partial charge in [-0.3, -0.25) is 14.5 Å². The average Bonchev–Trinajstić information content (AvgIpc) is 3.52. The summed E-state index contributed by atoms with van der Waals surface area (Å²) in [6.07, 6.45) is 18.4. The van der Waals surface area contributed by atoms with Crippen molar-refractivity contribution in [2.75, 3.05) is 26.7 Å². The van der Waals surface area contributed by atoms with E-state index in [9.17, 15) is 9.59 Å². The number of amides is 1. The zero-order chi connectivity index (χ0) is 36.6. The highest BCUT2D eigenvalue weighted by Crippen LogP contribution is 2.64. The molecule has 2 aliphatic carbocycles. The van der Waals surface area contributed by atoms with Crippen LogP contribution < -0.4 is 9.47 Å². The molecule has 4 aliphatic rings. The summed E-state index contributed by atoms with van der Waals surface area (Å²) < 4.78 is 13.1. The first-order valence-corrected chi connectivity index (χ1v) is 21.0. The van der Waals surface area contributed by atoms with Crippen LogP contribution in [-0.4, -0.2) is 66.4 Å². The van der Waals surface area contributed by atoms with Crippen LogP contribution in [0.2, 0.25) is 0 Å². The molecule has 0 unspecified atom stereocenters. The lowest BCUT2D eigenvalue weighted by Crippen LogP contribution is -2.69. The molecule has 284 valence electrons. The number of carbonyl (C=O) groups excluding carboxylic acids is 2. The van der Waals surface area contributed by atoms with Gasteiger partial charge in [0.05, 0.1) is 19.7 Å². The van der Waals surface area contributed by atoms with Crippen molar-refractivity contribution in [3.05, 3.63) is 95.1 Å². The Morgan fingerprint density at radius 2 is 1.45 bits per heavy atom. The fourth-order valence-corrected chi connectivity index (χ4v) is 10.7. The number of benzene rings is 3. The van der Waals surface area contributed by atoms with Crippen molar-refractivity contribution >= 4 is 11.7 Å². The lowest BCUT2D eigenvalue weighted by Gasteiger charge is -2.60. The zero-order valence-corrected chi connectivity index (χ0v) is 32.4. The van der Waals surface area contributed by atoms with Gasteiger partial charge in [-0.1, -0.05) is 105 Å². The summed E-state index contributed by atoms with van der Waals surface area (Å²) in [4.78, 5) is 31.5. The molecule has 2 bridgehead atoms. The molecule has 1 saturated carbocycles. The lowest BCUT2D eigenvalue weighted by molar-refractivity contribution is -0.143. The van der Waals surface area contributed by atoms with E-state index in [1.165, 1.54) is 67.2 Å². The molecule has 0 N–H and O–H groups in total. The first-order valence-electron chi connectivity index (χ1n) is 21.0. The van der Waals surface area contributed by atoms with Crippen LogP contribution in [-0.2, 0) is 34.3 Å². The number of carbonyl (C=O) groups is 2. The highest BCUT2D eigenvalue weighted by molar-refractivity contribution is 5.78. The van der Waals surface area contributed by atoms with Gasteiger partial charge in [-0.15, -0.1) is 0 Å². The van der Waals surface area contributed by atoms with E-state index in [-0.39, 0.29) is 23.3 Å². The van der Waals surface area contributed by atoms with Crippen molar-refractivity contribution in [3.63, 3.8) is 0 Å². The van der Waals surface area contributed by atoms with Crippen LogP contribution >= 0.6 is 0 Å². The maximum Gasteiger partial charge on any atom is 0.222 e. The first-order chi connectivity index (χ1) is 26.0. The molecular formula is C47H62N2O4. The van der Waals surface area contributed by atoms with Crippen molar-refractivity contribution < 1.29 is 19.1 Å². The van der Waals surface area contributed by atoms with Crippen molar-refractivity contribution in [1.29, 1.82) is 0 Å². The number of piperidine rings is 1. The van der Waals surface area contributed by atoms with E-state index in [0.29, 0.717) is 30.8 Å². The molecule has 0 aromatic heterocycles. The Bertz CT molecular complexity index is 1660. The summed E-state index contributed by atoms with van der Waals surface area (Å²) in [5, 5.41) is 0. The second kappa shape index (κ2) is 17.7. The number of ketones is 1. The van der Waals surface area contributed by atoms with Crippen LogP contribution in [0.25, 0.3) is 0 Å². The normalized spacial score (nSPS) is 24.0. The maximum absolute atomic E-state index is 14.4. The summed E-state index contributed by atoms with van der Waals surface area (Å²) >= 11 is 0. The predicted molar refractivity (Wildman–Crippen MR) is 213 cm³/mol. The molecule has 1 saturated heterocycles. The van der Waals surface area contributed by atoms with E-state index >= 15 is 0 Å². The Kier molecular flexibility index (Phi) is 12.6.